The minimum atomic E-state index is -4.95. The van der Waals surface area contributed by atoms with Crippen LogP contribution in [0.1, 0.15) is 324 Å². The summed E-state index contributed by atoms with van der Waals surface area (Å²) >= 11 is 0. The van der Waals surface area contributed by atoms with E-state index in [0.717, 1.165) is 102 Å². The van der Waals surface area contributed by atoms with Gasteiger partial charge in [0.15, 0.2) is 12.2 Å². The number of hydrogen-bond acceptors (Lipinski definition) is 15. The fourth-order valence-corrected chi connectivity index (χ4v) is 11.3. The molecular formula is C65H126O17P2. The summed E-state index contributed by atoms with van der Waals surface area (Å²) in [6.45, 7) is 9.45. The van der Waals surface area contributed by atoms with Crippen LogP contribution in [0.5, 0.6) is 0 Å². The lowest BCUT2D eigenvalue weighted by Gasteiger charge is -2.21. The van der Waals surface area contributed by atoms with Crippen LogP contribution < -0.4 is 0 Å². The standard InChI is InChI=1S/C65H126O17P2/c1-7-9-11-13-15-21-29-35-41-47-62(67)75-53-60(81-64(69)49-43-37-31-22-16-14-12-10-8-2)55-79-83(71,72)77-51-59(66)52-78-84(73,74)80-56-61(54-76-63(68)48-42-36-30-26-25-28-34-40-46-58(5)6)82-65(70)50-44-38-32-24-20-18-17-19-23-27-33-39-45-57(3)4/h57-61,66H,7-56H2,1-6H3,(H,71,72)(H,73,74)/t59-,60+,61+/m0/s1. The summed E-state index contributed by atoms with van der Waals surface area (Å²) in [7, 11) is -9.88. The lowest BCUT2D eigenvalue weighted by molar-refractivity contribution is -0.161. The third kappa shape index (κ3) is 59.0. The number of aliphatic hydroxyl groups is 1. The second-order valence-electron chi connectivity index (χ2n) is 24.5. The first-order valence-corrected chi connectivity index (χ1v) is 37.0. The Hall–Kier alpha value is -1.94. The van der Waals surface area contributed by atoms with E-state index in [0.29, 0.717) is 25.7 Å². The minimum Gasteiger partial charge on any atom is -0.462 e. The molecule has 3 N–H and O–H groups in total. The van der Waals surface area contributed by atoms with Crippen LogP contribution >= 0.6 is 15.6 Å². The molecule has 0 aliphatic carbocycles. The number of carbonyl (C=O) groups is 4. The molecule has 0 aliphatic rings. The maximum atomic E-state index is 13.0. The van der Waals surface area contributed by atoms with Crippen LogP contribution in [0.4, 0.5) is 0 Å². The van der Waals surface area contributed by atoms with Crippen LogP contribution in [0.15, 0.2) is 0 Å². The molecule has 498 valence electrons. The zero-order valence-corrected chi connectivity index (χ0v) is 56.0. The van der Waals surface area contributed by atoms with Crippen molar-refractivity contribution in [3.05, 3.63) is 0 Å². The summed E-state index contributed by atoms with van der Waals surface area (Å²) in [5.41, 5.74) is 0. The van der Waals surface area contributed by atoms with Crippen LogP contribution in [-0.2, 0) is 65.4 Å². The molecule has 0 radical (unpaired) electrons. The number of esters is 4. The van der Waals surface area contributed by atoms with Gasteiger partial charge >= 0.3 is 39.5 Å². The molecule has 0 saturated heterocycles. The quantitative estimate of drug-likeness (QED) is 0.0222. The molecule has 0 aromatic rings. The third-order valence-corrected chi connectivity index (χ3v) is 16.9. The highest BCUT2D eigenvalue weighted by Gasteiger charge is 2.30. The van der Waals surface area contributed by atoms with Crippen molar-refractivity contribution >= 4 is 39.5 Å². The molecule has 0 rings (SSSR count). The van der Waals surface area contributed by atoms with Crippen LogP contribution in [-0.4, -0.2) is 96.7 Å². The molecule has 0 saturated carbocycles. The number of unbranched alkanes of at least 4 members (excludes halogenated alkanes) is 34. The van der Waals surface area contributed by atoms with Gasteiger partial charge in [-0.25, -0.2) is 9.13 Å². The zero-order valence-electron chi connectivity index (χ0n) is 54.2. The summed E-state index contributed by atoms with van der Waals surface area (Å²) in [4.78, 5) is 72.2. The number of aliphatic hydroxyl groups excluding tert-OH is 1. The van der Waals surface area contributed by atoms with Gasteiger partial charge in [0, 0.05) is 25.7 Å². The van der Waals surface area contributed by atoms with E-state index in [4.69, 9.17) is 37.0 Å². The molecule has 0 fully saturated rings. The average molecular weight is 1240 g/mol. The van der Waals surface area contributed by atoms with E-state index >= 15 is 0 Å². The Morgan fingerprint density at radius 2 is 0.548 bits per heavy atom. The van der Waals surface area contributed by atoms with E-state index in [1.54, 1.807) is 0 Å². The van der Waals surface area contributed by atoms with Crippen molar-refractivity contribution in [1.29, 1.82) is 0 Å². The van der Waals surface area contributed by atoms with Gasteiger partial charge in [-0.2, -0.15) is 0 Å². The van der Waals surface area contributed by atoms with E-state index < -0.39 is 97.5 Å². The molecule has 84 heavy (non-hydrogen) atoms. The Labute approximate surface area is 511 Å². The lowest BCUT2D eigenvalue weighted by Crippen LogP contribution is -2.30. The maximum absolute atomic E-state index is 13.0. The predicted molar refractivity (Wildman–Crippen MR) is 335 cm³/mol. The van der Waals surface area contributed by atoms with Gasteiger partial charge in [0.2, 0.25) is 0 Å². The van der Waals surface area contributed by atoms with Crippen molar-refractivity contribution < 1.29 is 80.2 Å². The number of hydrogen-bond donors (Lipinski definition) is 3. The molecule has 2 unspecified atom stereocenters. The molecular weight excluding hydrogens is 1110 g/mol. The van der Waals surface area contributed by atoms with Gasteiger partial charge in [0.1, 0.15) is 19.3 Å². The normalized spacial score (nSPS) is 14.3. The average Bonchev–Trinajstić information content (AvgIpc) is 3.47. The van der Waals surface area contributed by atoms with Crippen molar-refractivity contribution in [3.8, 4) is 0 Å². The molecule has 0 aromatic heterocycles. The number of ether oxygens (including phenoxy) is 4. The third-order valence-electron chi connectivity index (χ3n) is 15.0. The number of phosphoric ester groups is 2. The van der Waals surface area contributed by atoms with Crippen molar-refractivity contribution in [3.63, 3.8) is 0 Å². The summed E-state index contributed by atoms with van der Waals surface area (Å²) in [6.07, 6.45) is 40.3. The molecule has 0 bridgehead atoms. The summed E-state index contributed by atoms with van der Waals surface area (Å²) < 4.78 is 68.0. The number of rotatable bonds is 64. The van der Waals surface area contributed by atoms with Crippen molar-refractivity contribution in [2.45, 2.75) is 342 Å². The highest BCUT2D eigenvalue weighted by Crippen LogP contribution is 2.45. The fourth-order valence-electron chi connectivity index (χ4n) is 9.71. The van der Waals surface area contributed by atoms with Crippen LogP contribution in [0, 0.1) is 11.8 Å². The second kappa shape index (κ2) is 57.5. The van der Waals surface area contributed by atoms with Crippen molar-refractivity contribution in [1.82, 2.24) is 0 Å². The highest BCUT2D eigenvalue weighted by molar-refractivity contribution is 7.47. The molecule has 0 aliphatic heterocycles. The molecule has 19 heteroatoms. The Morgan fingerprint density at radius 1 is 0.321 bits per heavy atom. The van der Waals surface area contributed by atoms with Crippen LogP contribution in [0.2, 0.25) is 0 Å². The second-order valence-corrected chi connectivity index (χ2v) is 27.4. The highest BCUT2D eigenvalue weighted by atomic mass is 31.2. The Morgan fingerprint density at radius 3 is 0.810 bits per heavy atom. The van der Waals surface area contributed by atoms with Gasteiger partial charge in [0.25, 0.3) is 0 Å². The van der Waals surface area contributed by atoms with Gasteiger partial charge in [-0.05, 0) is 37.5 Å². The van der Waals surface area contributed by atoms with Crippen molar-refractivity contribution in [2.75, 3.05) is 39.6 Å². The van der Waals surface area contributed by atoms with Gasteiger partial charge < -0.3 is 33.8 Å². The first-order chi connectivity index (χ1) is 40.4. The molecule has 0 heterocycles. The summed E-state index contributed by atoms with van der Waals surface area (Å²) in [5, 5.41) is 10.5. The zero-order chi connectivity index (χ0) is 62.2. The Bertz CT molecular complexity index is 1650. The lowest BCUT2D eigenvalue weighted by atomic mass is 10.0. The summed E-state index contributed by atoms with van der Waals surface area (Å²) in [6, 6.07) is 0. The monoisotopic (exact) mass is 1240 g/mol. The first-order valence-electron chi connectivity index (χ1n) is 34.0. The fraction of sp³-hybridized carbons (Fsp3) is 0.938. The van der Waals surface area contributed by atoms with Gasteiger partial charge in [-0.3, -0.25) is 37.3 Å². The summed E-state index contributed by atoms with van der Waals surface area (Å²) in [5.74, 6) is -0.631. The molecule has 5 atom stereocenters. The molecule has 0 spiro atoms. The Balaban J connectivity index is 5.22. The molecule has 0 amide bonds. The van der Waals surface area contributed by atoms with E-state index in [9.17, 15) is 43.2 Å². The largest absolute Gasteiger partial charge is 0.472 e. The SMILES string of the molecule is CCCCCCCCCCCC(=O)OC[C@H](COP(=O)(O)OC[C@H](O)COP(=O)(O)OC[C@@H](COC(=O)CCCCCCCCCCC(C)C)OC(=O)CCCCCCCCCCCCCCC(C)C)OC(=O)CCCCCCCCCCC. The van der Waals surface area contributed by atoms with E-state index in [2.05, 4.69) is 41.5 Å². The van der Waals surface area contributed by atoms with Gasteiger partial charge in [-0.15, -0.1) is 0 Å². The first kappa shape index (κ1) is 82.1. The van der Waals surface area contributed by atoms with E-state index in [1.165, 1.54) is 141 Å². The van der Waals surface area contributed by atoms with E-state index in [1.807, 2.05) is 0 Å². The minimum absolute atomic E-state index is 0.105. The number of phosphoric acid groups is 2. The number of carbonyl (C=O) groups excluding carboxylic acids is 4. The van der Waals surface area contributed by atoms with Gasteiger partial charge in [-0.1, -0.05) is 273 Å². The molecule has 0 aromatic carbocycles. The van der Waals surface area contributed by atoms with Crippen LogP contribution in [0.3, 0.4) is 0 Å². The van der Waals surface area contributed by atoms with Gasteiger partial charge in [0.05, 0.1) is 26.4 Å². The maximum Gasteiger partial charge on any atom is 0.472 e. The smallest absolute Gasteiger partial charge is 0.462 e. The Kier molecular flexibility index (Phi) is 56.2. The van der Waals surface area contributed by atoms with E-state index in [-0.39, 0.29) is 25.7 Å². The molecule has 17 nitrogen and oxygen atoms in total. The van der Waals surface area contributed by atoms with Crippen molar-refractivity contribution in [2.24, 2.45) is 11.8 Å². The predicted octanol–water partition coefficient (Wildman–Crippen LogP) is 18.0. The topological polar surface area (TPSA) is 237 Å². The van der Waals surface area contributed by atoms with Crippen LogP contribution in [0.25, 0.3) is 0 Å².